The van der Waals surface area contributed by atoms with Gasteiger partial charge in [-0.2, -0.15) is 0 Å². The van der Waals surface area contributed by atoms with Crippen LogP contribution in [0.2, 0.25) is 0 Å². The van der Waals surface area contributed by atoms with Gasteiger partial charge in [0.05, 0.1) is 28.1 Å². The van der Waals surface area contributed by atoms with Gasteiger partial charge in [0.25, 0.3) is 0 Å². The normalized spacial score (nSPS) is 17.1. The highest BCUT2D eigenvalue weighted by Gasteiger charge is 2.27. The molecule has 1 saturated heterocycles. The summed E-state index contributed by atoms with van der Waals surface area (Å²) in [5, 5.41) is 10.8. The predicted molar refractivity (Wildman–Crippen MR) is 106 cm³/mol. The van der Waals surface area contributed by atoms with E-state index in [9.17, 15) is 13.2 Å². The quantitative estimate of drug-likeness (QED) is 0.684. The highest BCUT2D eigenvalue weighted by Crippen LogP contribution is 2.27. The number of carboxylic acid groups (broad SMARTS) is 1. The summed E-state index contributed by atoms with van der Waals surface area (Å²) in [6.07, 6.45) is 1.13. The molecule has 1 aromatic carbocycles. The van der Waals surface area contributed by atoms with E-state index in [1.165, 1.54) is 6.20 Å². The molecule has 1 unspecified atom stereocenters. The zero-order chi connectivity index (χ0) is 20.5. The van der Waals surface area contributed by atoms with E-state index in [-0.39, 0.29) is 16.8 Å². The summed E-state index contributed by atoms with van der Waals surface area (Å²) in [6.45, 7) is 4.35. The summed E-state index contributed by atoms with van der Waals surface area (Å²) in [7, 11) is -3.34. The number of nitrogens with two attached hydrogens (primary N) is 1. The number of rotatable bonds is 5. The Kier molecular flexibility index (Phi) is 5.41. The maximum atomic E-state index is 12.3. The number of amides is 1. The maximum absolute atomic E-state index is 12.3. The number of hydrogen-bond acceptors (Lipinski definition) is 7. The van der Waals surface area contributed by atoms with Gasteiger partial charge in [0, 0.05) is 18.7 Å². The Bertz CT molecular complexity index is 976. The average Bonchev–Trinajstić information content (AvgIpc) is 3.09. The highest BCUT2D eigenvalue weighted by molar-refractivity contribution is 7.92. The van der Waals surface area contributed by atoms with Crippen LogP contribution >= 0.6 is 0 Å². The van der Waals surface area contributed by atoms with Crippen LogP contribution in [0, 0.1) is 0 Å². The highest BCUT2D eigenvalue weighted by atomic mass is 32.2. The van der Waals surface area contributed by atoms with E-state index >= 15 is 0 Å². The van der Waals surface area contributed by atoms with E-state index in [2.05, 4.69) is 15.3 Å². The van der Waals surface area contributed by atoms with Crippen LogP contribution in [-0.2, 0) is 9.84 Å². The summed E-state index contributed by atoms with van der Waals surface area (Å²) in [5.74, 6) is 0.754. The Hall–Kier alpha value is -2.88. The number of nitrogen functional groups attached to an aromatic ring is 1. The molecule has 0 saturated carbocycles. The zero-order valence-electron chi connectivity index (χ0n) is 15.7. The largest absolute Gasteiger partial charge is 0.465 e. The molecule has 0 aliphatic carbocycles. The maximum Gasteiger partial charge on any atom is 0.404 e. The number of benzene rings is 1. The standard InChI is InChI=1S/C18H23N5O4S/c1-11(2)28(26,27)14-5-3-12(4-6-14)15-9-20-16(19)17(22-15)23-8-7-13(10-23)21-18(24)25/h3-6,9,11,13,21H,7-8,10H2,1-2H3,(H2,19,20)(H,24,25). The number of nitrogens with zero attached hydrogens (tertiary/aromatic N) is 3. The summed E-state index contributed by atoms with van der Waals surface area (Å²) in [6, 6.07) is 6.31. The lowest BCUT2D eigenvalue weighted by Crippen LogP contribution is -2.36. The molecule has 0 bridgehead atoms. The molecule has 4 N–H and O–H groups in total. The van der Waals surface area contributed by atoms with Crippen molar-refractivity contribution in [2.24, 2.45) is 0 Å². The fourth-order valence-electron chi connectivity index (χ4n) is 3.09. The first-order valence-electron chi connectivity index (χ1n) is 8.89. The molecule has 1 fully saturated rings. The van der Waals surface area contributed by atoms with Crippen molar-refractivity contribution in [1.82, 2.24) is 15.3 Å². The summed E-state index contributed by atoms with van der Waals surface area (Å²) >= 11 is 0. The monoisotopic (exact) mass is 405 g/mol. The molecule has 9 nitrogen and oxygen atoms in total. The Morgan fingerprint density at radius 2 is 2.00 bits per heavy atom. The smallest absolute Gasteiger partial charge is 0.404 e. The third-order valence-electron chi connectivity index (χ3n) is 4.70. The van der Waals surface area contributed by atoms with Gasteiger partial charge in [-0.15, -0.1) is 0 Å². The molecule has 1 atom stereocenters. The minimum Gasteiger partial charge on any atom is -0.465 e. The molecule has 1 aromatic heterocycles. The fourth-order valence-corrected chi connectivity index (χ4v) is 4.15. The van der Waals surface area contributed by atoms with Gasteiger partial charge < -0.3 is 21.1 Å². The molecule has 2 aromatic rings. The van der Waals surface area contributed by atoms with Crippen LogP contribution in [-0.4, -0.2) is 54.0 Å². The van der Waals surface area contributed by atoms with Gasteiger partial charge in [-0.3, -0.25) is 0 Å². The molecule has 28 heavy (non-hydrogen) atoms. The number of hydrogen-bond donors (Lipinski definition) is 3. The fraction of sp³-hybridized carbons (Fsp3) is 0.389. The van der Waals surface area contributed by atoms with Crippen molar-refractivity contribution >= 4 is 27.6 Å². The summed E-state index contributed by atoms with van der Waals surface area (Å²) < 4.78 is 24.5. The van der Waals surface area contributed by atoms with Crippen LogP contribution in [0.1, 0.15) is 20.3 Å². The zero-order valence-corrected chi connectivity index (χ0v) is 16.5. The molecule has 2 heterocycles. The van der Waals surface area contributed by atoms with Gasteiger partial charge in [-0.1, -0.05) is 12.1 Å². The SMILES string of the molecule is CC(C)S(=O)(=O)c1ccc(-c2cnc(N)c(N3CCC(NC(=O)O)C3)n2)cc1. The van der Waals surface area contributed by atoms with Crippen LogP contribution in [0.5, 0.6) is 0 Å². The molecule has 1 aliphatic rings. The molecular weight excluding hydrogens is 382 g/mol. The van der Waals surface area contributed by atoms with Crippen LogP contribution in [0.3, 0.4) is 0 Å². The third kappa shape index (κ3) is 4.01. The van der Waals surface area contributed by atoms with Crippen molar-refractivity contribution in [1.29, 1.82) is 0 Å². The second-order valence-electron chi connectivity index (χ2n) is 6.96. The number of aromatic nitrogens is 2. The van der Waals surface area contributed by atoms with E-state index in [1.807, 2.05) is 4.90 Å². The van der Waals surface area contributed by atoms with Crippen LogP contribution in [0.4, 0.5) is 16.4 Å². The number of nitrogens with one attached hydrogen (secondary N) is 1. The van der Waals surface area contributed by atoms with E-state index in [1.54, 1.807) is 38.1 Å². The number of anilines is 2. The molecule has 0 radical (unpaired) electrons. The predicted octanol–water partition coefficient (Wildman–Crippen LogP) is 1.75. The molecule has 3 rings (SSSR count). The van der Waals surface area contributed by atoms with Gasteiger partial charge in [0.2, 0.25) is 0 Å². The lowest BCUT2D eigenvalue weighted by molar-refractivity contribution is 0.191. The average molecular weight is 405 g/mol. The second kappa shape index (κ2) is 7.63. The first kappa shape index (κ1) is 19.9. The minimum absolute atomic E-state index is 0.192. The first-order chi connectivity index (χ1) is 13.2. The minimum atomic E-state index is -3.34. The van der Waals surface area contributed by atoms with E-state index in [0.29, 0.717) is 31.0 Å². The van der Waals surface area contributed by atoms with Gasteiger partial charge >= 0.3 is 6.09 Å². The van der Waals surface area contributed by atoms with Gasteiger partial charge in [0.15, 0.2) is 21.5 Å². The van der Waals surface area contributed by atoms with Crippen molar-refractivity contribution in [2.45, 2.75) is 36.5 Å². The molecular formula is C18H23N5O4S. The number of sulfone groups is 1. The lowest BCUT2D eigenvalue weighted by atomic mass is 10.1. The third-order valence-corrected chi connectivity index (χ3v) is 6.87. The van der Waals surface area contributed by atoms with Crippen molar-refractivity contribution in [2.75, 3.05) is 23.7 Å². The summed E-state index contributed by atoms with van der Waals surface area (Å²) in [4.78, 5) is 21.8. The van der Waals surface area contributed by atoms with Crippen LogP contribution in [0.25, 0.3) is 11.3 Å². The van der Waals surface area contributed by atoms with Crippen molar-refractivity contribution < 1.29 is 18.3 Å². The first-order valence-corrected chi connectivity index (χ1v) is 10.4. The Labute approximate surface area is 163 Å². The molecule has 1 amide bonds. The molecule has 10 heteroatoms. The summed E-state index contributed by atoms with van der Waals surface area (Å²) in [5.41, 5.74) is 7.26. The lowest BCUT2D eigenvalue weighted by Gasteiger charge is -2.19. The van der Waals surface area contributed by atoms with Gasteiger partial charge in [-0.25, -0.2) is 23.2 Å². The van der Waals surface area contributed by atoms with E-state index < -0.39 is 21.2 Å². The molecule has 0 spiro atoms. The number of carbonyl (C=O) groups is 1. The second-order valence-corrected chi connectivity index (χ2v) is 9.47. The van der Waals surface area contributed by atoms with Crippen molar-refractivity contribution in [3.63, 3.8) is 0 Å². The van der Waals surface area contributed by atoms with Gasteiger partial charge in [0.1, 0.15) is 0 Å². The van der Waals surface area contributed by atoms with Crippen LogP contribution < -0.4 is 16.0 Å². The molecule has 150 valence electrons. The van der Waals surface area contributed by atoms with Gasteiger partial charge in [-0.05, 0) is 32.4 Å². The van der Waals surface area contributed by atoms with E-state index in [4.69, 9.17) is 10.8 Å². The Balaban J connectivity index is 1.85. The molecule has 1 aliphatic heterocycles. The Morgan fingerprint density at radius 1 is 1.32 bits per heavy atom. The van der Waals surface area contributed by atoms with E-state index in [0.717, 1.165) is 5.56 Å². The van der Waals surface area contributed by atoms with Crippen LogP contribution in [0.15, 0.2) is 35.4 Å². The van der Waals surface area contributed by atoms with Crippen molar-refractivity contribution in [3.8, 4) is 11.3 Å². The Morgan fingerprint density at radius 3 is 2.61 bits per heavy atom. The topological polar surface area (TPSA) is 139 Å². The van der Waals surface area contributed by atoms with Crippen molar-refractivity contribution in [3.05, 3.63) is 30.5 Å².